The van der Waals surface area contributed by atoms with Crippen LogP contribution in [0, 0.1) is 11.3 Å². The number of thioether (sulfide) groups is 1. The molecule has 2 aromatic carbocycles. The SMILES string of the molecule is CC(OC(=O)c1ccc2c(c1)NC(=O)CS2)C(=O)Nc1ccccc1C#N. The Morgan fingerprint density at radius 3 is 2.85 bits per heavy atom. The number of amides is 2. The van der Waals surface area contributed by atoms with Crippen molar-refractivity contribution in [3.63, 3.8) is 0 Å². The lowest BCUT2D eigenvalue weighted by molar-refractivity contribution is -0.123. The molecule has 1 atom stereocenters. The zero-order chi connectivity index (χ0) is 19.4. The van der Waals surface area contributed by atoms with Crippen LogP contribution in [0.3, 0.4) is 0 Å². The number of para-hydroxylation sites is 1. The number of benzene rings is 2. The third-order valence-electron chi connectivity index (χ3n) is 3.81. The molecule has 1 aliphatic rings. The number of nitrogens with one attached hydrogen (secondary N) is 2. The van der Waals surface area contributed by atoms with Crippen LogP contribution in [0.25, 0.3) is 0 Å². The predicted octanol–water partition coefficient (Wildman–Crippen LogP) is 2.79. The summed E-state index contributed by atoms with van der Waals surface area (Å²) in [5.74, 6) is -1.04. The standard InChI is InChI=1S/C19H15N3O4S/c1-11(18(24)22-14-5-3-2-4-13(14)9-20)26-19(25)12-6-7-16-15(8-12)21-17(23)10-27-16/h2-8,11H,10H2,1H3,(H,21,23)(H,22,24). The minimum Gasteiger partial charge on any atom is -0.449 e. The van der Waals surface area contributed by atoms with Gasteiger partial charge in [-0.25, -0.2) is 4.79 Å². The second kappa shape index (κ2) is 7.93. The average molecular weight is 381 g/mol. The molecule has 0 saturated heterocycles. The van der Waals surface area contributed by atoms with E-state index in [-0.39, 0.29) is 11.5 Å². The smallest absolute Gasteiger partial charge is 0.338 e. The van der Waals surface area contributed by atoms with E-state index in [2.05, 4.69) is 10.6 Å². The van der Waals surface area contributed by atoms with E-state index < -0.39 is 18.0 Å². The molecule has 2 aromatic rings. The van der Waals surface area contributed by atoms with Gasteiger partial charge < -0.3 is 15.4 Å². The number of anilines is 2. The molecule has 3 rings (SSSR count). The molecule has 27 heavy (non-hydrogen) atoms. The van der Waals surface area contributed by atoms with Gasteiger partial charge in [-0.3, -0.25) is 9.59 Å². The molecule has 1 aliphatic heterocycles. The Kier molecular flexibility index (Phi) is 5.43. The highest BCUT2D eigenvalue weighted by Crippen LogP contribution is 2.32. The minimum atomic E-state index is -1.07. The Labute approximate surface area is 159 Å². The van der Waals surface area contributed by atoms with Crippen molar-refractivity contribution in [3.05, 3.63) is 53.6 Å². The van der Waals surface area contributed by atoms with Gasteiger partial charge in [0.1, 0.15) is 6.07 Å². The fraction of sp³-hybridized carbons (Fsp3) is 0.158. The van der Waals surface area contributed by atoms with Crippen molar-refractivity contribution in [2.75, 3.05) is 16.4 Å². The van der Waals surface area contributed by atoms with E-state index in [4.69, 9.17) is 10.00 Å². The van der Waals surface area contributed by atoms with Crippen molar-refractivity contribution >= 4 is 40.9 Å². The summed E-state index contributed by atoms with van der Waals surface area (Å²) in [4.78, 5) is 36.9. The van der Waals surface area contributed by atoms with Crippen molar-refractivity contribution in [1.29, 1.82) is 5.26 Å². The maximum atomic E-state index is 12.3. The highest BCUT2D eigenvalue weighted by molar-refractivity contribution is 8.00. The Balaban J connectivity index is 1.67. The number of carbonyl (C=O) groups excluding carboxylic acids is 3. The maximum Gasteiger partial charge on any atom is 0.338 e. The van der Waals surface area contributed by atoms with Gasteiger partial charge in [-0.1, -0.05) is 12.1 Å². The lowest BCUT2D eigenvalue weighted by Gasteiger charge is -2.18. The van der Waals surface area contributed by atoms with E-state index in [0.717, 1.165) is 4.90 Å². The maximum absolute atomic E-state index is 12.3. The van der Waals surface area contributed by atoms with Gasteiger partial charge in [0.15, 0.2) is 6.10 Å². The summed E-state index contributed by atoms with van der Waals surface area (Å²) in [6.07, 6.45) is -1.07. The van der Waals surface area contributed by atoms with Crippen LogP contribution in [0.1, 0.15) is 22.8 Å². The summed E-state index contributed by atoms with van der Waals surface area (Å²) >= 11 is 1.39. The van der Waals surface area contributed by atoms with Crippen molar-refractivity contribution < 1.29 is 19.1 Å². The third kappa shape index (κ3) is 4.27. The minimum absolute atomic E-state index is 0.137. The van der Waals surface area contributed by atoms with E-state index in [1.54, 1.807) is 36.4 Å². The molecular formula is C19H15N3O4S. The number of ether oxygens (including phenoxy) is 1. The number of hydrogen-bond acceptors (Lipinski definition) is 6. The van der Waals surface area contributed by atoms with Crippen LogP contribution in [0.15, 0.2) is 47.4 Å². The normalized spacial score (nSPS) is 13.6. The molecule has 8 heteroatoms. The first-order valence-electron chi connectivity index (χ1n) is 8.05. The predicted molar refractivity (Wildman–Crippen MR) is 100 cm³/mol. The van der Waals surface area contributed by atoms with E-state index in [1.165, 1.54) is 24.8 Å². The number of carbonyl (C=O) groups is 3. The quantitative estimate of drug-likeness (QED) is 0.789. The van der Waals surface area contributed by atoms with Crippen LogP contribution in [-0.4, -0.2) is 29.6 Å². The van der Waals surface area contributed by atoms with Crippen LogP contribution in [0.4, 0.5) is 11.4 Å². The molecule has 0 radical (unpaired) electrons. The fourth-order valence-electron chi connectivity index (χ4n) is 2.42. The van der Waals surface area contributed by atoms with E-state index in [9.17, 15) is 14.4 Å². The summed E-state index contributed by atoms with van der Waals surface area (Å²) in [5.41, 5.74) is 1.44. The first-order valence-corrected chi connectivity index (χ1v) is 9.04. The highest BCUT2D eigenvalue weighted by atomic mass is 32.2. The molecule has 0 spiro atoms. The topological polar surface area (TPSA) is 108 Å². The number of fused-ring (bicyclic) bond motifs is 1. The number of nitriles is 1. The summed E-state index contributed by atoms with van der Waals surface area (Å²) in [7, 11) is 0. The Bertz CT molecular complexity index is 968. The molecule has 0 bridgehead atoms. The fourth-order valence-corrected chi connectivity index (χ4v) is 3.20. The third-order valence-corrected chi connectivity index (χ3v) is 4.88. The monoisotopic (exact) mass is 381 g/mol. The van der Waals surface area contributed by atoms with Crippen LogP contribution >= 0.6 is 11.8 Å². The lowest BCUT2D eigenvalue weighted by atomic mass is 10.2. The molecule has 0 aromatic heterocycles. The van der Waals surface area contributed by atoms with E-state index >= 15 is 0 Å². The lowest BCUT2D eigenvalue weighted by Crippen LogP contribution is -2.30. The largest absolute Gasteiger partial charge is 0.449 e. The van der Waals surface area contributed by atoms with Crippen LogP contribution in [0.5, 0.6) is 0 Å². The van der Waals surface area contributed by atoms with Crippen molar-refractivity contribution in [3.8, 4) is 6.07 Å². The molecule has 2 amide bonds. The van der Waals surface area contributed by atoms with Gasteiger partial charge in [0.2, 0.25) is 5.91 Å². The summed E-state index contributed by atoms with van der Waals surface area (Å²) in [6, 6.07) is 13.4. The number of nitrogens with zero attached hydrogens (tertiary/aromatic N) is 1. The van der Waals surface area contributed by atoms with Gasteiger partial charge in [-0.15, -0.1) is 11.8 Å². The molecule has 1 heterocycles. The van der Waals surface area contributed by atoms with Gasteiger partial charge in [0, 0.05) is 4.90 Å². The molecule has 0 aliphatic carbocycles. The molecule has 136 valence electrons. The van der Waals surface area contributed by atoms with Crippen molar-refractivity contribution in [2.24, 2.45) is 0 Å². The van der Waals surface area contributed by atoms with Gasteiger partial charge in [-0.05, 0) is 37.3 Å². The van der Waals surface area contributed by atoms with Crippen molar-refractivity contribution in [1.82, 2.24) is 0 Å². The average Bonchev–Trinajstić information content (AvgIpc) is 2.67. The molecule has 0 fully saturated rings. The van der Waals surface area contributed by atoms with Crippen LogP contribution in [-0.2, 0) is 14.3 Å². The summed E-state index contributed by atoms with van der Waals surface area (Å²) in [5, 5.41) is 14.3. The molecule has 1 unspecified atom stereocenters. The molecule has 0 saturated carbocycles. The van der Waals surface area contributed by atoms with Gasteiger partial charge in [-0.2, -0.15) is 5.26 Å². The van der Waals surface area contributed by atoms with Gasteiger partial charge in [0.05, 0.1) is 28.3 Å². The van der Waals surface area contributed by atoms with Crippen LogP contribution in [0.2, 0.25) is 0 Å². The zero-order valence-electron chi connectivity index (χ0n) is 14.3. The highest BCUT2D eigenvalue weighted by Gasteiger charge is 2.22. The van der Waals surface area contributed by atoms with Crippen LogP contribution < -0.4 is 10.6 Å². The summed E-state index contributed by atoms with van der Waals surface area (Å²) in [6.45, 7) is 1.44. The summed E-state index contributed by atoms with van der Waals surface area (Å²) < 4.78 is 5.21. The number of rotatable bonds is 4. The number of hydrogen-bond donors (Lipinski definition) is 2. The first-order chi connectivity index (χ1) is 13.0. The zero-order valence-corrected chi connectivity index (χ0v) is 15.1. The van der Waals surface area contributed by atoms with E-state index in [0.29, 0.717) is 22.7 Å². The van der Waals surface area contributed by atoms with Gasteiger partial charge in [0.25, 0.3) is 5.91 Å². The molecule has 2 N–H and O–H groups in total. The van der Waals surface area contributed by atoms with E-state index in [1.807, 2.05) is 6.07 Å². The second-order valence-electron chi connectivity index (χ2n) is 5.74. The Hall–Kier alpha value is -3.31. The Morgan fingerprint density at radius 2 is 2.07 bits per heavy atom. The Morgan fingerprint density at radius 1 is 1.30 bits per heavy atom. The van der Waals surface area contributed by atoms with Gasteiger partial charge >= 0.3 is 5.97 Å². The van der Waals surface area contributed by atoms with Crippen molar-refractivity contribution in [2.45, 2.75) is 17.9 Å². The number of esters is 1. The first kappa shape index (κ1) is 18.5. The molecular weight excluding hydrogens is 366 g/mol. The molecule has 7 nitrogen and oxygen atoms in total. The second-order valence-corrected chi connectivity index (χ2v) is 6.76.